The van der Waals surface area contributed by atoms with Gasteiger partial charge >= 0.3 is 0 Å². The molecule has 0 aliphatic rings. The smallest absolute Gasteiger partial charge is 0.275 e. The minimum absolute atomic E-state index is 0.215. The van der Waals surface area contributed by atoms with Gasteiger partial charge in [0.1, 0.15) is 12.3 Å². The van der Waals surface area contributed by atoms with Gasteiger partial charge in [0.15, 0.2) is 0 Å². The van der Waals surface area contributed by atoms with Crippen molar-refractivity contribution in [1.82, 2.24) is 14.8 Å². The van der Waals surface area contributed by atoms with E-state index >= 15 is 0 Å². The molecule has 2 N–H and O–H groups in total. The summed E-state index contributed by atoms with van der Waals surface area (Å²) in [5, 5.41) is 15.3. The number of aliphatic hydroxyl groups excluding tert-OH is 1. The van der Waals surface area contributed by atoms with Crippen LogP contribution in [0, 0.1) is 11.8 Å². The van der Waals surface area contributed by atoms with Gasteiger partial charge < -0.3 is 10.4 Å². The Labute approximate surface area is 110 Å². The molecule has 19 heavy (non-hydrogen) atoms. The van der Waals surface area contributed by atoms with Crippen LogP contribution in [0.5, 0.6) is 0 Å². The van der Waals surface area contributed by atoms with Gasteiger partial charge in [-0.15, -0.1) is 0 Å². The number of anilines is 1. The molecule has 0 aliphatic heterocycles. The second-order valence-corrected chi connectivity index (χ2v) is 3.72. The fourth-order valence-electron chi connectivity index (χ4n) is 1.50. The number of rotatable bonds is 2. The Morgan fingerprint density at radius 2 is 2.42 bits per heavy atom. The first-order valence-electron chi connectivity index (χ1n) is 5.55. The SMILES string of the molecule is Cn1cc(NC(=O)c2ncccc2C#CCO)cn1. The summed E-state index contributed by atoms with van der Waals surface area (Å²) in [5.74, 6) is 4.82. The van der Waals surface area contributed by atoms with Crippen molar-refractivity contribution < 1.29 is 9.90 Å². The summed E-state index contributed by atoms with van der Waals surface area (Å²) in [5.41, 5.74) is 1.27. The van der Waals surface area contributed by atoms with Crippen molar-refractivity contribution in [2.75, 3.05) is 11.9 Å². The van der Waals surface area contributed by atoms with Crippen molar-refractivity contribution in [2.24, 2.45) is 7.05 Å². The molecular weight excluding hydrogens is 244 g/mol. The number of nitrogens with zero attached hydrogens (tertiary/aromatic N) is 3. The van der Waals surface area contributed by atoms with Crippen LogP contribution in [-0.4, -0.2) is 32.4 Å². The van der Waals surface area contributed by atoms with Crippen LogP contribution >= 0.6 is 0 Å². The molecule has 0 unspecified atom stereocenters. The van der Waals surface area contributed by atoms with Crippen LogP contribution in [-0.2, 0) is 7.05 Å². The van der Waals surface area contributed by atoms with Crippen LogP contribution in [0.1, 0.15) is 16.1 Å². The lowest BCUT2D eigenvalue weighted by Crippen LogP contribution is -2.15. The Hall–Kier alpha value is -2.65. The largest absolute Gasteiger partial charge is 0.384 e. The number of aliphatic hydroxyl groups is 1. The quantitative estimate of drug-likeness (QED) is 0.763. The summed E-state index contributed by atoms with van der Waals surface area (Å²) in [6, 6.07) is 3.36. The maximum atomic E-state index is 12.1. The maximum Gasteiger partial charge on any atom is 0.275 e. The van der Waals surface area contributed by atoms with Gasteiger partial charge in [-0.25, -0.2) is 4.98 Å². The van der Waals surface area contributed by atoms with E-state index in [1.54, 1.807) is 36.3 Å². The second-order valence-electron chi connectivity index (χ2n) is 3.72. The van der Waals surface area contributed by atoms with E-state index in [0.717, 1.165) is 0 Å². The molecular formula is C13H12N4O2. The van der Waals surface area contributed by atoms with E-state index in [1.807, 2.05) is 0 Å². The van der Waals surface area contributed by atoms with Crippen molar-refractivity contribution in [1.29, 1.82) is 0 Å². The molecule has 2 aromatic rings. The highest BCUT2D eigenvalue weighted by Crippen LogP contribution is 2.09. The van der Waals surface area contributed by atoms with Crippen molar-refractivity contribution in [3.05, 3.63) is 42.0 Å². The standard InChI is InChI=1S/C13H12N4O2/c1-17-9-11(8-15-17)16-13(19)12-10(5-3-7-18)4-2-6-14-12/h2,4,6,8-9,18H,7H2,1H3,(H,16,19). The third-order valence-corrected chi connectivity index (χ3v) is 2.29. The fraction of sp³-hybridized carbons (Fsp3) is 0.154. The molecule has 2 aromatic heterocycles. The molecule has 0 aromatic carbocycles. The van der Waals surface area contributed by atoms with Gasteiger partial charge in [-0.2, -0.15) is 5.10 Å². The Bertz CT molecular complexity index is 652. The van der Waals surface area contributed by atoms with Crippen LogP contribution in [0.15, 0.2) is 30.7 Å². The average Bonchev–Trinajstić information content (AvgIpc) is 2.82. The summed E-state index contributed by atoms with van der Waals surface area (Å²) in [6.07, 6.45) is 4.74. The predicted octanol–water partition coefficient (Wildman–Crippen LogP) is 0.411. The normalized spacial score (nSPS) is 9.58. The summed E-state index contributed by atoms with van der Waals surface area (Å²) < 4.78 is 1.58. The van der Waals surface area contributed by atoms with Crippen molar-refractivity contribution in [3.8, 4) is 11.8 Å². The average molecular weight is 256 g/mol. The molecule has 0 saturated heterocycles. The van der Waals surface area contributed by atoms with E-state index in [-0.39, 0.29) is 18.2 Å². The number of aryl methyl sites for hydroxylation is 1. The van der Waals surface area contributed by atoms with Gasteiger partial charge in [0.05, 0.1) is 17.4 Å². The molecule has 0 radical (unpaired) electrons. The summed E-state index contributed by atoms with van der Waals surface area (Å²) in [7, 11) is 1.76. The summed E-state index contributed by atoms with van der Waals surface area (Å²) in [4.78, 5) is 16.1. The molecule has 1 amide bonds. The zero-order valence-electron chi connectivity index (χ0n) is 10.3. The number of aromatic nitrogens is 3. The van der Waals surface area contributed by atoms with E-state index in [9.17, 15) is 4.79 Å². The molecule has 6 heteroatoms. The lowest BCUT2D eigenvalue weighted by atomic mass is 10.2. The Balaban J connectivity index is 2.23. The van der Waals surface area contributed by atoms with E-state index in [4.69, 9.17) is 5.11 Å². The highest BCUT2D eigenvalue weighted by atomic mass is 16.2. The maximum absolute atomic E-state index is 12.1. The van der Waals surface area contributed by atoms with Gasteiger partial charge in [0, 0.05) is 19.4 Å². The first-order valence-corrected chi connectivity index (χ1v) is 5.55. The first-order chi connectivity index (χ1) is 9.20. The lowest BCUT2D eigenvalue weighted by Gasteiger charge is -2.03. The Morgan fingerprint density at radius 1 is 1.58 bits per heavy atom. The zero-order chi connectivity index (χ0) is 13.7. The van der Waals surface area contributed by atoms with Crippen LogP contribution < -0.4 is 5.32 Å². The topological polar surface area (TPSA) is 80.0 Å². The molecule has 0 fully saturated rings. The van der Waals surface area contributed by atoms with Crippen LogP contribution in [0.2, 0.25) is 0 Å². The van der Waals surface area contributed by atoms with E-state index in [0.29, 0.717) is 11.3 Å². The highest BCUT2D eigenvalue weighted by Gasteiger charge is 2.12. The number of nitrogens with one attached hydrogen (secondary N) is 1. The molecule has 0 aliphatic carbocycles. The monoisotopic (exact) mass is 256 g/mol. The minimum atomic E-state index is -0.365. The molecule has 6 nitrogen and oxygen atoms in total. The minimum Gasteiger partial charge on any atom is -0.384 e. The first kappa shape index (κ1) is 12.8. The Morgan fingerprint density at radius 3 is 3.11 bits per heavy atom. The highest BCUT2D eigenvalue weighted by molar-refractivity contribution is 6.04. The van der Waals surface area contributed by atoms with Gasteiger partial charge in [-0.05, 0) is 12.1 Å². The van der Waals surface area contributed by atoms with E-state index in [1.165, 1.54) is 6.20 Å². The molecule has 0 spiro atoms. The van der Waals surface area contributed by atoms with Crippen LogP contribution in [0.4, 0.5) is 5.69 Å². The molecule has 0 saturated carbocycles. The number of amides is 1. The lowest BCUT2D eigenvalue weighted by molar-refractivity contribution is 0.102. The van der Waals surface area contributed by atoms with Gasteiger partial charge in [-0.3, -0.25) is 9.48 Å². The molecule has 2 rings (SSSR count). The number of pyridine rings is 1. The number of carbonyl (C=O) groups is 1. The molecule has 96 valence electrons. The van der Waals surface area contributed by atoms with Crippen LogP contribution in [0.25, 0.3) is 0 Å². The zero-order valence-corrected chi connectivity index (χ0v) is 10.3. The van der Waals surface area contributed by atoms with Crippen molar-refractivity contribution in [3.63, 3.8) is 0 Å². The number of hydrogen-bond donors (Lipinski definition) is 2. The third kappa shape index (κ3) is 3.18. The molecule has 2 heterocycles. The second kappa shape index (κ2) is 5.80. The number of carbonyl (C=O) groups excluding carboxylic acids is 1. The Kier molecular flexibility index (Phi) is 3.90. The van der Waals surface area contributed by atoms with Gasteiger partial charge in [0.2, 0.25) is 0 Å². The fourth-order valence-corrected chi connectivity index (χ4v) is 1.50. The summed E-state index contributed by atoms with van der Waals surface area (Å²) >= 11 is 0. The van der Waals surface area contributed by atoms with Crippen molar-refractivity contribution in [2.45, 2.75) is 0 Å². The third-order valence-electron chi connectivity index (χ3n) is 2.29. The van der Waals surface area contributed by atoms with Gasteiger partial charge in [0.25, 0.3) is 5.91 Å². The summed E-state index contributed by atoms with van der Waals surface area (Å²) in [6.45, 7) is -0.265. The van der Waals surface area contributed by atoms with E-state index in [2.05, 4.69) is 27.2 Å². The number of hydrogen-bond acceptors (Lipinski definition) is 4. The van der Waals surface area contributed by atoms with Crippen LogP contribution in [0.3, 0.4) is 0 Å². The van der Waals surface area contributed by atoms with Crippen molar-refractivity contribution >= 4 is 11.6 Å². The predicted molar refractivity (Wildman–Crippen MR) is 69.4 cm³/mol. The molecule has 0 atom stereocenters. The van der Waals surface area contributed by atoms with E-state index < -0.39 is 0 Å². The van der Waals surface area contributed by atoms with Gasteiger partial charge in [-0.1, -0.05) is 11.8 Å². The molecule has 0 bridgehead atoms.